The molecule has 0 spiro atoms. The Hall–Kier alpha value is -3.66. The Morgan fingerprint density at radius 1 is 0.893 bits per heavy atom. The van der Waals surface area contributed by atoms with Crippen LogP contribution < -0.4 is 5.32 Å². The van der Waals surface area contributed by atoms with E-state index < -0.39 is 0 Å². The lowest BCUT2D eigenvalue weighted by atomic mass is 10.0. The van der Waals surface area contributed by atoms with Crippen LogP contribution in [-0.4, -0.2) is 11.1 Å². The first kappa shape index (κ1) is 17.7. The number of amides is 1. The summed E-state index contributed by atoms with van der Waals surface area (Å²) < 4.78 is 5.40. The molecule has 28 heavy (non-hydrogen) atoms. The van der Waals surface area contributed by atoms with Crippen LogP contribution in [0, 0.1) is 6.92 Å². The zero-order valence-electron chi connectivity index (χ0n) is 15.6. The van der Waals surface area contributed by atoms with Gasteiger partial charge in [-0.2, -0.15) is 0 Å². The Morgan fingerprint density at radius 3 is 2.39 bits per heavy atom. The van der Waals surface area contributed by atoms with E-state index in [1.54, 1.807) is 0 Å². The van der Waals surface area contributed by atoms with Crippen LogP contribution in [0.5, 0.6) is 0 Å². The lowest BCUT2D eigenvalue weighted by molar-refractivity contribution is -0.115. The SMILES string of the molecule is Cc1ccc(-c2cc(CC(=O)Nc3ccccc3-c3ccccc3)no2)cc1. The normalized spacial score (nSPS) is 10.6. The van der Waals surface area contributed by atoms with E-state index in [1.165, 1.54) is 5.56 Å². The number of nitrogens with zero attached hydrogens (tertiary/aromatic N) is 1. The molecule has 1 heterocycles. The Labute approximate surface area is 163 Å². The summed E-state index contributed by atoms with van der Waals surface area (Å²) in [6, 6.07) is 27.6. The molecule has 1 aromatic heterocycles. The minimum Gasteiger partial charge on any atom is -0.356 e. The van der Waals surface area contributed by atoms with Crippen LogP contribution in [0.1, 0.15) is 11.3 Å². The van der Waals surface area contributed by atoms with E-state index in [2.05, 4.69) is 10.5 Å². The van der Waals surface area contributed by atoms with Gasteiger partial charge in [-0.3, -0.25) is 4.79 Å². The number of carbonyl (C=O) groups is 1. The number of aromatic nitrogens is 1. The van der Waals surface area contributed by atoms with Gasteiger partial charge in [-0.1, -0.05) is 83.5 Å². The molecule has 4 nitrogen and oxygen atoms in total. The molecule has 0 atom stereocenters. The molecule has 0 aliphatic rings. The molecule has 1 amide bonds. The van der Waals surface area contributed by atoms with Gasteiger partial charge in [0.2, 0.25) is 5.91 Å². The largest absolute Gasteiger partial charge is 0.356 e. The summed E-state index contributed by atoms with van der Waals surface area (Å²) in [4.78, 5) is 12.6. The molecule has 0 radical (unpaired) electrons. The summed E-state index contributed by atoms with van der Waals surface area (Å²) in [6.07, 6.45) is 0.151. The number of aryl methyl sites for hydroxylation is 1. The van der Waals surface area contributed by atoms with Crippen molar-refractivity contribution < 1.29 is 9.32 Å². The zero-order valence-corrected chi connectivity index (χ0v) is 15.6. The third-order valence-corrected chi connectivity index (χ3v) is 4.52. The second-order valence-corrected chi connectivity index (χ2v) is 6.69. The van der Waals surface area contributed by atoms with Crippen LogP contribution in [0.2, 0.25) is 0 Å². The molecule has 4 rings (SSSR count). The molecule has 0 bridgehead atoms. The van der Waals surface area contributed by atoms with Crippen molar-refractivity contribution in [3.8, 4) is 22.5 Å². The number of nitrogens with one attached hydrogen (secondary N) is 1. The Balaban J connectivity index is 1.48. The predicted octanol–water partition coefficient (Wildman–Crippen LogP) is 5.50. The van der Waals surface area contributed by atoms with Gasteiger partial charge in [0, 0.05) is 22.9 Å². The Bertz CT molecular complexity index is 1080. The van der Waals surface area contributed by atoms with E-state index >= 15 is 0 Å². The Kier molecular flexibility index (Phi) is 5.02. The fraction of sp³-hybridized carbons (Fsp3) is 0.0833. The number of benzene rings is 3. The van der Waals surface area contributed by atoms with Gasteiger partial charge in [-0.15, -0.1) is 0 Å². The van der Waals surface area contributed by atoms with Crippen molar-refractivity contribution >= 4 is 11.6 Å². The van der Waals surface area contributed by atoms with Crippen LogP contribution in [0.3, 0.4) is 0 Å². The summed E-state index contributed by atoms with van der Waals surface area (Å²) in [5, 5.41) is 7.03. The molecule has 4 aromatic rings. The number of hydrogen-bond donors (Lipinski definition) is 1. The highest BCUT2D eigenvalue weighted by Crippen LogP contribution is 2.28. The molecule has 0 unspecified atom stereocenters. The number of rotatable bonds is 5. The van der Waals surface area contributed by atoms with E-state index in [1.807, 2.05) is 91.9 Å². The minimum atomic E-state index is -0.132. The van der Waals surface area contributed by atoms with Crippen LogP contribution >= 0.6 is 0 Å². The quantitative estimate of drug-likeness (QED) is 0.506. The number of anilines is 1. The van der Waals surface area contributed by atoms with Crippen molar-refractivity contribution in [2.24, 2.45) is 0 Å². The molecular weight excluding hydrogens is 348 g/mol. The fourth-order valence-electron chi connectivity index (χ4n) is 3.07. The summed E-state index contributed by atoms with van der Waals surface area (Å²) in [6.45, 7) is 2.03. The van der Waals surface area contributed by atoms with Gasteiger partial charge < -0.3 is 9.84 Å². The average Bonchev–Trinajstić information content (AvgIpc) is 3.18. The summed E-state index contributed by atoms with van der Waals surface area (Å²) in [7, 11) is 0. The van der Waals surface area contributed by atoms with E-state index in [-0.39, 0.29) is 12.3 Å². The minimum absolute atomic E-state index is 0.132. The molecule has 1 N–H and O–H groups in total. The maximum Gasteiger partial charge on any atom is 0.230 e. The molecule has 0 saturated heterocycles. The lowest BCUT2D eigenvalue weighted by Crippen LogP contribution is -2.15. The molecule has 138 valence electrons. The van der Waals surface area contributed by atoms with Gasteiger partial charge in [-0.25, -0.2) is 0 Å². The monoisotopic (exact) mass is 368 g/mol. The predicted molar refractivity (Wildman–Crippen MR) is 111 cm³/mol. The van der Waals surface area contributed by atoms with Crippen molar-refractivity contribution in [3.63, 3.8) is 0 Å². The third-order valence-electron chi connectivity index (χ3n) is 4.52. The van der Waals surface area contributed by atoms with E-state index in [9.17, 15) is 4.79 Å². The summed E-state index contributed by atoms with van der Waals surface area (Å²) >= 11 is 0. The van der Waals surface area contributed by atoms with Crippen molar-refractivity contribution in [1.82, 2.24) is 5.16 Å². The second-order valence-electron chi connectivity index (χ2n) is 6.69. The number of para-hydroxylation sites is 1. The van der Waals surface area contributed by atoms with Gasteiger partial charge in [-0.05, 0) is 18.6 Å². The van der Waals surface area contributed by atoms with Crippen molar-refractivity contribution in [2.75, 3.05) is 5.32 Å². The van der Waals surface area contributed by atoms with Gasteiger partial charge >= 0.3 is 0 Å². The second kappa shape index (κ2) is 7.92. The van der Waals surface area contributed by atoms with Crippen molar-refractivity contribution in [2.45, 2.75) is 13.3 Å². The first-order chi connectivity index (χ1) is 13.7. The third kappa shape index (κ3) is 4.01. The highest BCUT2D eigenvalue weighted by Gasteiger charge is 2.13. The topological polar surface area (TPSA) is 55.1 Å². The average molecular weight is 368 g/mol. The molecule has 0 aliphatic carbocycles. The Morgan fingerprint density at radius 2 is 1.61 bits per heavy atom. The van der Waals surface area contributed by atoms with Crippen LogP contribution in [0.25, 0.3) is 22.5 Å². The summed E-state index contributed by atoms with van der Waals surface area (Å²) in [5.74, 6) is 0.527. The van der Waals surface area contributed by atoms with Gasteiger partial charge in [0.1, 0.15) is 0 Å². The highest BCUT2D eigenvalue weighted by atomic mass is 16.5. The van der Waals surface area contributed by atoms with E-state index in [0.29, 0.717) is 11.5 Å². The van der Waals surface area contributed by atoms with Crippen LogP contribution in [-0.2, 0) is 11.2 Å². The van der Waals surface area contributed by atoms with Crippen molar-refractivity contribution in [1.29, 1.82) is 0 Å². The fourth-order valence-corrected chi connectivity index (χ4v) is 3.07. The maximum atomic E-state index is 12.6. The van der Waals surface area contributed by atoms with Crippen LogP contribution in [0.4, 0.5) is 5.69 Å². The number of hydrogen-bond acceptors (Lipinski definition) is 3. The van der Waals surface area contributed by atoms with E-state index in [4.69, 9.17) is 4.52 Å². The lowest BCUT2D eigenvalue weighted by Gasteiger charge is -2.10. The maximum absolute atomic E-state index is 12.6. The first-order valence-corrected chi connectivity index (χ1v) is 9.16. The summed E-state index contributed by atoms with van der Waals surface area (Å²) in [5.41, 5.74) is 5.55. The highest BCUT2D eigenvalue weighted by molar-refractivity contribution is 5.96. The van der Waals surface area contributed by atoms with E-state index in [0.717, 1.165) is 22.4 Å². The smallest absolute Gasteiger partial charge is 0.230 e. The standard InChI is InChI=1S/C24H20N2O2/c1-17-11-13-19(14-12-17)23-15-20(26-28-23)16-24(27)25-22-10-6-5-9-21(22)18-7-3-2-4-8-18/h2-15H,16H2,1H3,(H,25,27). The molecule has 0 aliphatic heterocycles. The number of carbonyl (C=O) groups excluding carboxylic acids is 1. The van der Waals surface area contributed by atoms with Gasteiger partial charge in [0.05, 0.1) is 12.1 Å². The molecule has 3 aromatic carbocycles. The molecule has 0 saturated carbocycles. The van der Waals surface area contributed by atoms with Gasteiger partial charge in [0.25, 0.3) is 0 Å². The zero-order chi connectivity index (χ0) is 19.3. The molecule has 4 heteroatoms. The van der Waals surface area contributed by atoms with Gasteiger partial charge in [0.15, 0.2) is 5.76 Å². The van der Waals surface area contributed by atoms with Crippen molar-refractivity contribution in [3.05, 3.63) is 96.2 Å². The first-order valence-electron chi connectivity index (χ1n) is 9.16. The van der Waals surface area contributed by atoms with Crippen LogP contribution in [0.15, 0.2) is 89.5 Å². The molecular formula is C24H20N2O2. The molecule has 0 fully saturated rings.